The lowest BCUT2D eigenvalue weighted by atomic mass is 10.1. The molecule has 1 aromatic carbocycles. The molecule has 1 N–H and O–H groups in total. The fourth-order valence-electron chi connectivity index (χ4n) is 2.17. The number of hydrogen-bond donors (Lipinski definition) is 1. The Hall–Kier alpha value is -1.73. The third-order valence-electron chi connectivity index (χ3n) is 3.22. The largest absolute Gasteiger partial charge is 0.337 e. The Kier molecular flexibility index (Phi) is 5.41. The Balaban J connectivity index is 0.00000200. The van der Waals surface area contributed by atoms with Gasteiger partial charge in [0.15, 0.2) is 0 Å². The van der Waals surface area contributed by atoms with Gasteiger partial charge in [0.2, 0.25) is 0 Å². The van der Waals surface area contributed by atoms with Crippen LogP contribution < -0.4 is 5.32 Å². The van der Waals surface area contributed by atoms with E-state index in [1.165, 1.54) is 0 Å². The maximum absolute atomic E-state index is 13.3. The zero-order chi connectivity index (χ0) is 14.0. The number of amides is 1. The van der Waals surface area contributed by atoms with Crippen LogP contribution in [-0.2, 0) is 0 Å². The van der Waals surface area contributed by atoms with Crippen molar-refractivity contribution in [2.45, 2.75) is 12.5 Å². The number of carbonyl (C=O) groups is 1. The molecule has 2 rings (SSSR count). The van der Waals surface area contributed by atoms with Crippen LogP contribution in [0.15, 0.2) is 18.2 Å². The zero-order valence-corrected chi connectivity index (χ0v) is 11.7. The van der Waals surface area contributed by atoms with Gasteiger partial charge in [-0.2, -0.15) is 0 Å². The van der Waals surface area contributed by atoms with Gasteiger partial charge >= 0.3 is 0 Å². The summed E-state index contributed by atoms with van der Waals surface area (Å²) in [6.45, 7) is 1.09. The molecule has 1 saturated heterocycles. The summed E-state index contributed by atoms with van der Waals surface area (Å²) in [7, 11) is 1.81. The molecule has 0 saturated carbocycles. The van der Waals surface area contributed by atoms with Gasteiger partial charge < -0.3 is 10.2 Å². The van der Waals surface area contributed by atoms with Crippen LogP contribution in [0.4, 0.5) is 10.1 Å². The number of likely N-dealkylation sites (tertiary alicyclic amines) is 1. The molecule has 1 aliphatic rings. The molecule has 1 amide bonds. The Morgan fingerprint density at radius 3 is 2.75 bits per heavy atom. The van der Waals surface area contributed by atoms with E-state index in [1.807, 2.05) is 7.05 Å². The number of nitro groups is 1. The average Bonchev–Trinajstić information content (AvgIpc) is 2.85. The van der Waals surface area contributed by atoms with Crippen LogP contribution in [0, 0.1) is 15.9 Å². The number of non-ortho nitro benzene ring substituents is 1. The monoisotopic (exact) mass is 303 g/mol. The third kappa shape index (κ3) is 3.43. The highest BCUT2D eigenvalue weighted by atomic mass is 35.5. The molecule has 0 aliphatic carbocycles. The van der Waals surface area contributed by atoms with Crippen LogP contribution in [0.25, 0.3) is 0 Å². The van der Waals surface area contributed by atoms with Gasteiger partial charge in [-0.1, -0.05) is 0 Å². The SMILES string of the molecule is CNC1CCN(C(=O)c2cc(F)cc([N+](=O)[O-])c2)C1.Cl. The highest BCUT2D eigenvalue weighted by Crippen LogP contribution is 2.19. The lowest BCUT2D eigenvalue weighted by Crippen LogP contribution is -2.33. The third-order valence-corrected chi connectivity index (χ3v) is 3.22. The van der Waals surface area contributed by atoms with Crippen molar-refractivity contribution in [2.24, 2.45) is 0 Å². The van der Waals surface area contributed by atoms with Gasteiger partial charge in [0, 0.05) is 30.8 Å². The standard InChI is InChI=1S/C12H14FN3O3.ClH/c1-14-10-2-3-15(7-10)12(17)8-4-9(13)6-11(5-8)16(18)19;/h4-6,10,14H,2-3,7H2,1H3;1H. The molecule has 1 unspecified atom stereocenters. The summed E-state index contributed by atoms with van der Waals surface area (Å²) in [5.74, 6) is -1.15. The van der Waals surface area contributed by atoms with Crippen LogP contribution in [-0.4, -0.2) is 41.9 Å². The van der Waals surface area contributed by atoms with Crippen molar-refractivity contribution in [3.05, 3.63) is 39.7 Å². The number of halogens is 2. The molecular formula is C12H15ClFN3O3. The highest BCUT2D eigenvalue weighted by molar-refractivity contribution is 5.95. The molecule has 1 aliphatic heterocycles. The van der Waals surface area contributed by atoms with E-state index < -0.39 is 16.4 Å². The smallest absolute Gasteiger partial charge is 0.273 e. The zero-order valence-electron chi connectivity index (χ0n) is 10.8. The fourth-order valence-corrected chi connectivity index (χ4v) is 2.17. The molecule has 1 aromatic rings. The van der Waals surface area contributed by atoms with Crippen LogP contribution in [0.5, 0.6) is 0 Å². The van der Waals surface area contributed by atoms with Gasteiger partial charge in [-0.25, -0.2) is 4.39 Å². The topological polar surface area (TPSA) is 75.5 Å². The lowest BCUT2D eigenvalue weighted by molar-refractivity contribution is -0.385. The number of nitro benzene ring substituents is 1. The number of carbonyl (C=O) groups excluding carboxylic acids is 1. The van der Waals surface area contributed by atoms with Gasteiger partial charge in [-0.3, -0.25) is 14.9 Å². The number of nitrogens with one attached hydrogen (secondary N) is 1. The van der Waals surface area contributed by atoms with Gasteiger partial charge in [-0.15, -0.1) is 12.4 Å². The molecular weight excluding hydrogens is 289 g/mol. The summed E-state index contributed by atoms with van der Waals surface area (Å²) in [5, 5.41) is 13.7. The van der Waals surface area contributed by atoms with Gasteiger partial charge in [0.05, 0.1) is 11.0 Å². The molecule has 1 fully saturated rings. The van der Waals surface area contributed by atoms with Crippen molar-refractivity contribution in [3.8, 4) is 0 Å². The average molecular weight is 304 g/mol. The second-order valence-corrected chi connectivity index (χ2v) is 4.48. The molecule has 8 heteroatoms. The lowest BCUT2D eigenvalue weighted by Gasteiger charge is -2.16. The van der Waals surface area contributed by atoms with E-state index >= 15 is 0 Å². The quantitative estimate of drug-likeness (QED) is 0.679. The summed E-state index contributed by atoms with van der Waals surface area (Å²) in [6, 6.07) is 3.16. The molecule has 20 heavy (non-hydrogen) atoms. The minimum atomic E-state index is -0.776. The number of rotatable bonds is 3. The van der Waals surface area contributed by atoms with Crippen LogP contribution in [0.2, 0.25) is 0 Å². The molecule has 1 atom stereocenters. The van der Waals surface area contributed by atoms with Crippen molar-refractivity contribution < 1.29 is 14.1 Å². The second kappa shape index (κ2) is 6.62. The minimum Gasteiger partial charge on any atom is -0.337 e. The maximum Gasteiger partial charge on any atom is 0.273 e. The van der Waals surface area contributed by atoms with E-state index in [1.54, 1.807) is 4.90 Å². The van der Waals surface area contributed by atoms with Crippen LogP contribution >= 0.6 is 12.4 Å². The van der Waals surface area contributed by atoms with E-state index in [0.717, 1.165) is 24.6 Å². The second-order valence-electron chi connectivity index (χ2n) is 4.48. The first-order chi connectivity index (χ1) is 9.01. The molecule has 0 spiro atoms. The number of hydrogen-bond acceptors (Lipinski definition) is 4. The van der Waals surface area contributed by atoms with Crippen LogP contribution in [0.1, 0.15) is 16.8 Å². The molecule has 1 heterocycles. The molecule has 0 bridgehead atoms. The van der Waals surface area contributed by atoms with E-state index in [4.69, 9.17) is 0 Å². The molecule has 110 valence electrons. The minimum absolute atomic E-state index is 0. The van der Waals surface area contributed by atoms with Crippen molar-refractivity contribution in [1.82, 2.24) is 10.2 Å². The summed E-state index contributed by atoms with van der Waals surface area (Å²) >= 11 is 0. The Morgan fingerprint density at radius 2 is 2.20 bits per heavy atom. The number of benzene rings is 1. The van der Waals surface area contributed by atoms with Crippen molar-refractivity contribution in [2.75, 3.05) is 20.1 Å². The normalized spacial score (nSPS) is 17.7. The first-order valence-corrected chi connectivity index (χ1v) is 5.93. The molecule has 0 radical (unpaired) electrons. The van der Waals surface area contributed by atoms with E-state index in [2.05, 4.69) is 5.32 Å². The summed E-state index contributed by atoms with van der Waals surface area (Å²) in [4.78, 5) is 23.7. The molecule has 0 aromatic heterocycles. The van der Waals surface area contributed by atoms with Crippen molar-refractivity contribution >= 4 is 24.0 Å². The first kappa shape index (κ1) is 16.3. The maximum atomic E-state index is 13.3. The summed E-state index contributed by atoms with van der Waals surface area (Å²) in [6.07, 6.45) is 0.819. The van der Waals surface area contributed by atoms with Gasteiger partial charge in [0.1, 0.15) is 5.82 Å². The van der Waals surface area contributed by atoms with Crippen LogP contribution in [0.3, 0.4) is 0 Å². The van der Waals surface area contributed by atoms with Crippen molar-refractivity contribution in [3.63, 3.8) is 0 Å². The predicted molar refractivity (Wildman–Crippen MR) is 73.7 cm³/mol. The summed E-state index contributed by atoms with van der Waals surface area (Å²) in [5.41, 5.74) is -0.392. The summed E-state index contributed by atoms with van der Waals surface area (Å²) < 4.78 is 13.3. The number of nitrogens with zero attached hydrogens (tertiary/aromatic N) is 2. The fraction of sp³-hybridized carbons (Fsp3) is 0.417. The van der Waals surface area contributed by atoms with E-state index in [-0.39, 0.29) is 29.9 Å². The Labute approximate surface area is 121 Å². The predicted octanol–water partition coefficient (Wildman–Crippen LogP) is 1.59. The Morgan fingerprint density at radius 1 is 1.50 bits per heavy atom. The number of likely N-dealkylation sites (N-methyl/N-ethyl adjacent to an activating group) is 1. The van der Waals surface area contributed by atoms with E-state index in [0.29, 0.717) is 13.1 Å². The van der Waals surface area contributed by atoms with Gasteiger partial charge in [0.25, 0.3) is 11.6 Å². The van der Waals surface area contributed by atoms with Crippen molar-refractivity contribution in [1.29, 1.82) is 0 Å². The first-order valence-electron chi connectivity index (χ1n) is 5.93. The highest BCUT2D eigenvalue weighted by Gasteiger charge is 2.27. The molecule has 6 nitrogen and oxygen atoms in total. The van der Waals surface area contributed by atoms with E-state index in [9.17, 15) is 19.3 Å². The van der Waals surface area contributed by atoms with Gasteiger partial charge in [-0.05, 0) is 19.5 Å². The Bertz CT molecular complexity index is 527.